The van der Waals surface area contributed by atoms with Crippen molar-refractivity contribution in [3.63, 3.8) is 0 Å². The third kappa shape index (κ3) is 5.50. The van der Waals surface area contributed by atoms with Crippen LogP contribution in [0.1, 0.15) is 38.8 Å². The molecule has 0 radical (unpaired) electrons. The number of carbonyl (C=O) groups is 1. The van der Waals surface area contributed by atoms with Gasteiger partial charge in [0.05, 0.1) is 12.2 Å². The van der Waals surface area contributed by atoms with E-state index in [1.807, 2.05) is 0 Å². The monoisotopic (exact) mass is 367 g/mol. The lowest BCUT2D eigenvalue weighted by molar-refractivity contribution is -0.190. The Morgan fingerprint density at radius 3 is 2.56 bits per heavy atom. The van der Waals surface area contributed by atoms with Gasteiger partial charge in [0, 0.05) is 25.3 Å². The number of nitrogens with one attached hydrogen (secondary N) is 1. The van der Waals surface area contributed by atoms with Crippen molar-refractivity contribution in [2.24, 2.45) is 5.41 Å². The van der Waals surface area contributed by atoms with Gasteiger partial charge in [-0.3, -0.25) is 4.79 Å². The van der Waals surface area contributed by atoms with Crippen LogP contribution in [0.4, 0.5) is 22.0 Å². The predicted molar refractivity (Wildman–Crippen MR) is 76.9 cm³/mol. The molecular formula is C15H18F5N3O2. The third-order valence-corrected chi connectivity index (χ3v) is 3.88. The number of amides is 1. The fourth-order valence-corrected chi connectivity index (χ4v) is 2.75. The van der Waals surface area contributed by atoms with Crippen LogP contribution in [-0.4, -0.2) is 34.1 Å². The molecule has 1 aromatic rings. The maximum absolute atomic E-state index is 12.9. The van der Waals surface area contributed by atoms with Crippen LogP contribution < -0.4 is 10.1 Å². The van der Waals surface area contributed by atoms with Gasteiger partial charge in [-0.2, -0.15) is 13.2 Å². The van der Waals surface area contributed by atoms with E-state index < -0.39 is 29.5 Å². The summed E-state index contributed by atoms with van der Waals surface area (Å²) < 4.78 is 67.9. The van der Waals surface area contributed by atoms with Gasteiger partial charge in [-0.05, 0) is 12.3 Å². The van der Waals surface area contributed by atoms with Crippen molar-refractivity contribution in [3.8, 4) is 5.88 Å². The van der Waals surface area contributed by atoms with Crippen molar-refractivity contribution in [1.29, 1.82) is 0 Å². The number of aromatic nitrogens is 2. The number of halogens is 5. The van der Waals surface area contributed by atoms with Crippen LogP contribution in [0.5, 0.6) is 5.88 Å². The highest BCUT2D eigenvalue weighted by atomic mass is 19.4. The molecule has 25 heavy (non-hydrogen) atoms. The molecule has 1 atom stereocenters. The first-order valence-electron chi connectivity index (χ1n) is 7.57. The van der Waals surface area contributed by atoms with E-state index in [2.05, 4.69) is 20.0 Å². The molecule has 1 fully saturated rings. The molecular weight excluding hydrogens is 349 g/mol. The second-order valence-corrected chi connectivity index (χ2v) is 6.62. The Morgan fingerprint density at radius 1 is 1.36 bits per heavy atom. The van der Waals surface area contributed by atoms with Crippen molar-refractivity contribution >= 4 is 5.91 Å². The summed E-state index contributed by atoms with van der Waals surface area (Å²) in [4.78, 5) is 19.3. The number of ether oxygens (including phenoxy) is 1. The molecule has 1 amide bonds. The Hall–Kier alpha value is -2.00. The Labute approximate surface area is 141 Å². The second-order valence-electron chi connectivity index (χ2n) is 6.62. The van der Waals surface area contributed by atoms with E-state index in [9.17, 15) is 26.7 Å². The molecule has 5 nitrogen and oxygen atoms in total. The predicted octanol–water partition coefficient (Wildman–Crippen LogP) is 3.25. The molecule has 1 aromatic heterocycles. The van der Waals surface area contributed by atoms with E-state index in [-0.39, 0.29) is 37.4 Å². The van der Waals surface area contributed by atoms with E-state index in [0.29, 0.717) is 0 Å². The molecule has 1 heterocycles. The fraction of sp³-hybridized carbons (Fsp3) is 0.667. The first-order valence-corrected chi connectivity index (χ1v) is 7.57. The minimum atomic E-state index is -4.53. The first-order chi connectivity index (χ1) is 11.4. The number of carbonyl (C=O) groups excluding carboxylic acids is 1. The average Bonchev–Trinajstić information content (AvgIpc) is 2.42. The summed E-state index contributed by atoms with van der Waals surface area (Å²) in [6.45, 7) is 2.39. The number of nitrogens with zero attached hydrogens (tertiary/aromatic N) is 2. The van der Waals surface area contributed by atoms with Crippen LogP contribution in [-0.2, 0) is 11.3 Å². The van der Waals surface area contributed by atoms with Crippen LogP contribution >= 0.6 is 0 Å². The second kappa shape index (κ2) is 6.72. The summed E-state index contributed by atoms with van der Waals surface area (Å²) in [5.41, 5.74) is -0.493. The van der Waals surface area contributed by atoms with Gasteiger partial charge in [0.2, 0.25) is 17.7 Å². The molecule has 1 aliphatic carbocycles. The molecule has 1 aliphatic rings. The van der Waals surface area contributed by atoms with Gasteiger partial charge < -0.3 is 10.1 Å². The van der Waals surface area contributed by atoms with E-state index in [4.69, 9.17) is 0 Å². The molecule has 1 unspecified atom stereocenters. The minimum absolute atomic E-state index is 0.0534. The van der Waals surface area contributed by atoms with E-state index in [1.165, 1.54) is 6.07 Å². The van der Waals surface area contributed by atoms with Crippen LogP contribution in [0.25, 0.3) is 0 Å². The lowest BCUT2D eigenvalue weighted by atomic mass is 9.65. The Kier molecular flexibility index (Phi) is 5.19. The maximum atomic E-state index is 12.9. The SMILES string of the molecule is CC(Oc1cc(CNC(=O)CC2(C)CC(F)(F)C2)ncn1)C(F)(F)F. The largest absolute Gasteiger partial charge is 0.465 e. The number of alkyl halides is 5. The van der Waals surface area contributed by atoms with Gasteiger partial charge in [-0.15, -0.1) is 0 Å². The van der Waals surface area contributed by atoms with Crippen molar-refractivity contribution < 1.29 is 31.5 Å². The van der Waals surface area contributed by atoms with E-state index >= 15 is 0 Å². The highest BCUT2D eigenvalue weighted by Gasteiger charge is 2.54. The van der Waals surface area contributed by atoms with Crippen LogP contribution in [0, 0.1) is 5.41 Å². The summed E-state index contributed by atoms with van der Waals surface area (Å²) in [6, 6.07) is 1.18. The average molecular weight is 367 g/mol. The van der Waals surface area contributed by atoms with Crippen molar-refractivity contribution in [2.75, 3.05) is 0 Å². The zero-order valence-corrected chi connectivity index (χ0v) is 13.7. The smallest absolute Gasteiger partial charge is 0.425 e. The molecule has 1 saturated carbocycles. The zero-order valence-electron chi connectivity index (χ0n) is 13.7. The van der Waals surface area contributed by atoms with Crippen LogP contribution in [0.3, 0.4) is 0 Å². The van der Waals surface area contributed by atoms with Gasteiger partial charge in [-0.1, -0.05) is 6.92 Å². The summed E-state index contributed by atoms with van der Waals surface area (Å²) in [6.07, 6.45) is -6.28. The van der Waals surface area contributed by atoms with Gasteiger partial charge in [0.15, 0.2) is 6.10 Å². The normalized spacial score (nSPS) is 19.6. The van der Waals surface area contributed by atoms with Crippen LogP contribution in [0.2, 0.25) is 0 Å². The van der Waals surface area contributed by atoms with E-state index in [0.717, 1.165) is 13.3 Å². The minimum Gasteiger partial charge on any atom is -0.465 e. The fourth-order valence-electron chi connectivity index (χ4n) is 2.75. The molecule has 0 bridgehead atoms. The quantitative estimate of drug-likeness (QED) is 0.784. The van der Waals surface area contributed by atoms with E-state index in [1.54, 1.807) is 6.92 Å². The Bertz CT molecular complexity index is 628. The topological polar surface area (TPSA) is 64.1 Å². The highest BCUT2D eigenvalue weighted by Crippen LogP contribution is 2.53. The third-order valence-electron chi connectivity index (χ3n) is 3.88. The summed E-state index contributed by atoms with van der Waals surface area (Å²) in [5, 5.41) is 2.51. The summed E-state index contributed by atoms with van der Waals surface area (Å²) in [5.74, 6) is -3.42. The summed E-state index contributed by atoms with van der Waals surface area (Å²) >= 11 is 0. The molecule has 0 spiro atoms. The van der Waals surface area contributed by atoms with Gasteiger partial charge in [0.1, 0.15) is 6.33 Å². The Morgan fingerprint density at radius 2 is 2.00 bits per heavy atom. The lowest BCUT2D eigenvalue weighted by Gasteiger charge is -2.44. The molecule has 10 heteroatoms. The highest BCUT2D eigenvalue weighted by molar-refractivity contribution is 5.76. The van der Waals surface area contributed by atoms with Gasteiger partial charge in [0.25, 0.3) is 0 Å². The maximum Gasteiger partial charge on any atom is 0.425 e. The summed E-state index contributed by atoms with van der Waals surface area (Å²) in [7, 11) is 0. The zero-order chi connectivity index (χ0) is 18.9. The standard InChI is InChI=1S/C15H18F5N3O2/c1-9(15(18,19)20)25-12-3-10(22-8-23-12)5-21-11(24)4-13(2)6-14(16,17)7-13/h3,8-9H,4-7H2,1-2H3,(H,21,24). The molecule has 0 aromatic carbocycles. The van der Waals surface area contributed by atoms with Gasteiger partial charge in [-0.25, -0.2) is 18.7 Å². The van der Waals surface area contributed by atoms with Crippen molar-refractivity contribution in [1.82, 2.24) is 15.3 Å². The number of rotatable bonds is 6. The van der Waals surface area contributed by atoms with Crippen LogP contribution in [0.15, 0.2) is 12.4 Å². The molecule has 0 aliphatic heterocycles. The molecule has 1 N–H and O–H groups in total. The Balaban J connectivity index is 1.85. The van der Waals surface area contributed by atoms with Crippen molar-refractivity contribution in [2.45, 2.75) is 57.9 Å². The number of hydrogen-bond acceptors (Lipinski definition) is 4. The molecule has 0 saturated heterocycles. The first kappa shape index (κ1) is 19.3. The van der Waals surface area contributed by atoms with Gasteiger partial charge >= 0.3 is 6.18 Å². The molecule has 140 valence electrons. The molecule has 2 rings (SSSR count). The number of hydrogen-bond donors (Lipinski definition) is 1. The van der Waals surface area contributed by atoms with Crippen molar-refractivity contribution in [3.05, 3.63) is 18.1 Å². The lowest BCUT2D eigenvalue weighted by Crippen LogP contribution is -2.46.